The second-order valence-electron chi connectivity index (χ2n) is 5.79. The standard InChI is InChI=1S/C17H21N3O3S/c1-13(10-18)12-20(2)24(22,23)19-11-17(21)16-8-7-14-5-3-4-6-15(14)9-16/h3-9,13,17,19,21H,11-12H2,1-2H3/t13-,17-/m1/s1. The smallest absolute Gasteiger partial charge is 0.279 e. The first-order valence-corrected chi connectivity index (χ1v) is 9.05. The van der Waals surface area contributed by atoms with Gasteiger partial charge in [-0.15, -0.1) is 0 Å². The Morgan fingerprint density at radius 1 is 1.25 bits per heavy atom. The van der Waals surface area contributed by atoms with Crippen molar-refractivity contribution in [2.45, 2.75) is 13.0 Å². The molecule has 0 saturated carbocycles. The van der Waals surface area contributed by atoms with Gasteiger partial charge in [-0.3, -0.25) is 0 Å². The van der Waals surface area contributed by atoms with E-state index in [2.05, 4.69) is 4.72 Å². The van der Waals surface area contributed by atoms with Crippen LogP contribution in [0.4, 0.5) is 0 Å². The summed E-state index contributed by atoms with van der Waals surface area (Å²) in [6, 6.07) is 15.3. The summed E-state index contributed by atoms with van der Waals surface area (Å²) in [5.74, 6) is -0.406. The molecule has 6 nitrogen and oxygen atoms in total. The van der Waals surface area contributed by atoms with Crippen LogP contribution in [0.3, 0.4) is 0 Å². The van der Waals surface area contributed by atoms with Crippen molar-refractivity contribution in [2.24, 2.45) is 5.92 Å². The maximum Gasteiger partial charge on any atom is 0.279 e. The van der Waals surface area contributed by atoms with E-state index in [1.165, 1.54) is 7.05 Å². The van der Waals surface area contributed by atoms with E-state index in [9.17, 15) is 13.5 Å². The molecule has 24 heavy (non-hydrogen) atoms. The predicted octanol–water partition coefficient (Wildman–Crippen LogP) is 1.80. The van der Waals surface area contributed by atoms with Crippen molar-refractivity contribution >= 4 is 21.0 Å². The van der Waals surface area contributed by atoms with Crippen LogP contribution in [0.5, 0.6) is 0 Å². The predicted molar refractivity (Wildman–Crippen MR) is 93.2 cm³/mol. The number of benzene rings is 2. The Bertz CT molecular complexity index is 846. The lowest BCUT2D eigenvalue weighted by Crippen LogP contribution is -2.41. The number of nitriles is 1. The Morgan fingerprint density at radius 2 is 1.92 bits per heavy atom. The van der Waals surface area contributed by atoms with Gasteiger partial charge in [-0.25, -0.2) is 0 Å². The highest BCUT2D eigenvalue weighted by atomic mass is 32.2. The van der Waals surface area contributed by atoms with Crippen LogP contribution in [0.15, 0.2) is 42.5 Å². The third-order valence-electron chi connectivity index (χ3n) is 3.78. The first-order chi connectivity index (χ1) is 11.3. The second-order valence-corrected chi connectivity index (χ2v) is 7.65. The summed E-state index contributed by atoms with van der Waals surface area (Å²) in [7, 11) is -2.34. The van der Waals surface area contributed by atoms with Gasteiger partial charge in [0, 0.05) is 20.1 Å². The fourth-order valence-corrected chi connectivity index (χ4v) is 3.36. The maximum absolute atomic E-state index is 12.1. The van der Waals surface area contributed by atoms with Gasteiger partial charge in [-0.1, -0.05) is 36.4 Å². The van der Waals surface area contributed by atoms with Crippen molar-refractivity contribution in [3.63, 3.8) is 0 Å². The van der Waals surface area contributed by atoms with Crippen LogP contribution >= 0.6 is 0 Å². The van der Waals surface area contributed by atoms with E-state index in [1.54, 1.807) is 13.0 Å². The molecule has 0 heterocycles. The number of aliphatic hydroxyl groups is 1. The summed E-state index contributed by atoms with van der Waals surface area (Å²) >= 11 is 0. The summed E-state index contributed by atoms with van der Waals surface area (Å²) in [6.45, 7) is 1.61. The number of nitrogens with zero attached hydrogens (tertiary/aromatic N) is 2. The van der Waals surface area contributed by atoms with Crippen molar-refractivity contribution in [3.8, 4) is 6.07 Å². The lowest BCUT2D eigenvalue weighted by atomic mass is 10.0. The number of hydrogen-bond donors (Lipinski definition) is 2. The quantitative estimate of drug-likeness (QED) is 0.798. The number of hydrogen-bond acceptors (Lipinski definition) is 4. The van der Waals surface area contributed by atoms with E-state index in [0.29, 0.717) is 5.56 Å². The fourth-order valence-electron chi connectivity index (χ4n) is 2.35. The molecule has 0 radical (unpaired) electrons. The molecule has 2 atom stereocenters. The van der Waals surface area contributed by atoms with Crippen LogP contribution in [-0.2, 0) is 10.2 Å². The molecule has 2 N–H and O–H groups in total. The van der Waals surface area contributed by atoms with Crippen LogP contribution in [0.25, 0.3) is 10.8 Å². The van der Waals surface area contributed by atoms with Crippen LogP contribution in [0.1, 0.15) is 18.6 Å². The van der Waals surface area contributed by atoms with Crippen LogP contribution in [-0.4, -0.2) is 38.0 Å². The molecule has 0 aromatic heterocycles. The Kier molecular flexibility index (Phi) is 5.91. The topological polar surface area (TPSA) is 93.4 Å². The molecule has 0 aliphatic heterocycles. The van der Waals surface area contributed by atoms with Crippen molar-refractivity contribution in [2.75, 3.05) is 20.1 Å². The zero-order valence-electron chi connectivity index (χ0n) is 13.7. The zero-order chi connectivity index (χ0) is 17.7. The molecule has 0 amide bonds. The van der Waals surface area contributed by atoms with E-state index >= 15 is 0 Å². The molecule has 2 aromatic carbocycles. The second kappa shape index (κ2) is 7.73. The molecule has 0 bridgehead atoms. The Morgan fingerprint density at radius 3 is 2.58 bits per heavy atom. The zero-order valence-corrected chi connectivity index (χ0v) is 14.5. The molecule has 7 heteroatoms. The minimum atomic E-state index is -3.74. The molecule has 0 aliphatic carbocycles. The average Bonchev–Trinajstić information content (AvgIpc) is 2.59. The van der Waals surface area contributed by atoms with Gasteiger partial charge < -0.3 is 5.11 Å². The molecule has 2 rings (SSSR count). The van der Waals surface area contributed by atoms with Gasteiger partial charge in [0.05, 0.1) is 18.1 Å². The number of rotatable bonds is 7. The van der Waals surface area contributed by atoms with Gasteiger partial charge in [0.2, 0.25) is 0 Å². The summed E-state index contributed by atoms with van der Waals surface area (Å²) in [5, 5.41) is 21.1. The average molecular weight is 347 g/mol. The van der Waals surface area contributed by atoms with Gasteiger partial charge in [-0.2, -0.15) is 22.7 Å². The summed E-state index contributed by atoms with van der Waals surface area (Å²) in [6.07, 6.45) is -0.953. The van der Waals surface area contributed by atoms with Gasteiger partial charge in [0.15, 0.2) is 0 Å². The molecule has 0 aliphatic rings. The third kappa shape index (κ3) is 4.52. The monoisotopic (exact) mass is 347 g/mol. The van der Waals surface area contributed by atoms with Crippen LogP contribution in [0.2, 0.25) is 0 Å². The van der Waals surface area contributed by atoms with Gasteiger partial charge in [0.1, 0.15) is 0 Å². The Balaban J connectivity index is 2.03. The minimum Gasteiger partial charge on any atom is -0.387 e. The summed E-state index contributed by atoms with van der Waals surface area (Å²) in [4.78, 5) is 0. The molecular formula is C17H21N3O3S. The van der Waals surface area contributed by atoms with Gasteiger partial charge >= 0.3 is 0 Å². The Labute approximate surface area is 142 Å². The lowest BCUT2D eigenvalue weighted by Gasteiger charge is -2.20. The number of fused-ring (bicyclic) bond motifs is 1. The van der Waals surface area contributed by atoms with Gasteiger partial charge in [0.25, 0.3) is 10.2 Å². The minimum absolute atomic E-state index is 0.0951. The molecule has 0 unspecified atom stereocenters. The normalized spacial score (nSPS) is 14.5. The highest BCUT2D eigenvalue weighted by Crippen LogP contribution is 2.20. The van der Waals surface area contributed by atoms with Crippen molar-refractivity contribution in [1.29, 1.82) is 5.26 Å². The summed E-state index contributed by atoms with van der Waals surface area (Å²) < 4.78 is 27.7. The van der Waals surface area contributed by atoms with Gasteiger partial charge in [-0.05, 0) is 29.3 Å². The van der Waals surface area contributed by atoms with E-state index in [1.807, 2.05) is 42.5 Å². The van der Waals surface area contributed by atoms with Crippen LogP contribution in [0, 0.1) is 17.2 Å². The molecular weight excluding hydrogens is 326 g/mol. The lowest BCUT2D eigenvalue weighted by molar-refractivity contribution is 0.181. The first kappa shape index (κ1) is 18.4. The third-order valence-corrected chi connectivity index (χ3v) is 5.28. The molecule has 0 saturated heterocycles. The molecule has 128 valence electrons. The number of nitrogens with one attached hydrogen (secondary N) is 1. The van der Waals surface area contributed by atoms with E-state index < -0.39 is 22.2 Å². The summed E-state index contributed by atoms with van der Waals surface area (Å²) in [5.41, 5.74) is 0.643. The van der Waals surface area contributed by atoms with E-state index in [4.69, 9.17) is 5.26 Å². The molecule has 0 fully saturated rings. The van der Waals surface area contributed by atoms with Crippen molar-refractivity contribution in [1.82, 2.24) is 9.03 Å². The first-order valence-electron chi connectivity index (χ1n) is 7.61. The maximum atomic E-state index is 12.1. The van der Waals surface area contributed by atoms with E-state index in [0.717, 1.165) is 15.1 Å². The van der Waals surface area contributed by atoms with Crippen molar-refractivity contribution < 1.29 is 13.5 Å². The number of aliphatic hydroxyl groups excluding tert-OH is 1. The Hall–Kier alpha value is -1.98. The highest BCUT2D eigenvalue weighted by molar-refractivity contribution is 7.87. The molecule has 0 spiro atoms. The largest absolute Gasteiger partial charge is 0.387 e. The fraction of sp³-hybridized carbons (Fsp3) is 0.353. The highest BCUT2D eigenvalue weighted by Gasteiger charge is 2.21. The van der Waals surface area contributed by atoms with Crippen molar-refractivity contribution in [3.05, 3.63) is 48.0 Å². The van der Waals surface area contributed by atoms with E-state index in [-0.39, 0.29) is 13.1 Å². The van der Waals surface area contributed by atoms with Crippen LogP contribution < -0.4 is 4.72 Å². The molecule has 2 aromatic rings. The SMILES string of the molecule is C[C@H](C#N)CN(C)S(=O)(=O)NC[C@@H](O)c1ccc2ccccc2c1.